The molecule has 3 N–H and O–H groups in total. The molecule has 0 bridgehead atoms. The second-order valence-corrected chi connectivity index (χ2v) is 6.41. The highest BCUT2D eigenvalue weighted by Crippen LogP contribution is 2.30. The topological polar surface area (TPSA) is 72.2 Å². The maximum Gasteiger partial charge on any atom is 0.248 e. The number of carbonyl (C=O) groups excluding carboxylic acids is 2. The van der Waals surface area contributed by atoms with Crippen LogP contribution in [0.4, 0.5) is 5.69 Å². The zero-order valence-electron chi connectivity index (χ0n) is 11.9. The highest BCUT2D eigenvalue weighted by molar-refractivity contribution is 8.00. The van der Waals surface area contributed by atoms with Crippen LogP contribution >= 0.6 is 23.4 Å². The summed E-state index contributed by atoms with van der Waals surface area (Å²) in [7, 11) is 0. The maximum atomic E-state index is 12.2. The number of halogens is 1. The van der Waals surface area contributed by atoms with E-state index in [1.165, 1.54) is 11.8 Å². The van der Waals surface area contributed by atoms with Gasteiger partial charge in [0.25, 0.3) is 0 Å². The lowest BCUT2D eigenvalue weighted by Crippen LogP contribution is -2.22. The molecule has 2 aromatic carbocycles. The van der Waals surface area contributed by atoms with Gasteiger partial charge in [0.15, 0.2) is 0 Å². The highest BCUT2D eigenvalue weighted by Gasteiger charge is 2.16. The average molecular weight is 335 g/mol. The summed E-state index contributed by atoms with van der Waals surface area (Å²) in [6.45, 7) is 1.81. The van der Waals surface area contributed by atoms with Crippen LogP contribution in [0.25, 0.3) is 0 Å². The minimum absolute atomic E-state index is 0.142. The summed E-state index contributed by atoms with van der Waals surface area (Å²) < 4.78 is 0. The van der Waals surface area contributed by atoms with E-state index in [9.17, 15) is 9.59 Å². The SMILES string of the molecule is CC(Sc1ccccc1Cl)C(=O)Nc1ccc(C(N)=O)cc1. The predicted molar refractivity (Wildman–Crippen MR) is 90.4 cm³/mol. The van der Waals surface area contributed by atoms with E-state index in [1.807, 2.05) is 18.2 Å². The molecule has 0 heterocycles. The van der Waals surface area contributed by atoms with Crippen LogP contribution in [0.3, 0.4) is 0 Å². The molecule has 2 aromatic rings. The first kappa shape index (κ1) is 16.4. The van der Waals surface area contributed by atoms with Crippen molar-refractivity contribution in [3.8, 4) is 0 Å². The van der Waals surface area contributed by atoms with E-state index in [0.717, 1.165) is 4.90 Å². The van der Waals surface area contributed by atoms with Gasteiger partial charge in [-0.05, 0) is 43.3 Å². The first-order valence-electron chi connectivity index (χ1n) is 6.59. The smallest absolute Gasteiger partial charge is 0.248 e. The van der Waals surface area contributed by atoms with Crippen molar-refractivity contribution in [1.82, 2.24) is 0 Å². The molecule has 6 heteroatoms. The average Bonchev–Trinajstić information content (AvgIpc) is 2.50. The molecule has 0 aliphatic carbocycles. The van der Waals surface area contributed by atoms with Crippen LogP contribution in [0, 0.1) is 0 Å². The number of nitrogens with one attached hydrogen (secondary N) is 1. The van der Waals surface area contributed by atoms with Crippen LogP contribution in [0.15, 0.2) is 53.4 Å². The fourth-order valence-corrected chi connectivity index (χ4v) is 2.90. The molecule has 0 saturated heterocycles. The Labute approximate surface area is 138 Å². The Hall–Kier alpha value is -1.98. The molecule has 0 aliphatic heterocycles. The Kier molecular flexibility index (Phi) is 5.46. The van der Waals surface area contributed by atoms with Gasteiger partial charge in [-0.1, -0.05) is 23.7 Å². The first-order chi connectivity index (χ1) is 10.5. The van der Waals surface area contributed by atoms with Gasteiger partial charge in [-0.3, -0.25) is 9.59 Å². The van der Waals surface area contributed by atoms with Crippen LogP contribution in [0.2, 0.25) is 5.02 Å². The summed E-state index contributed by atoms with van der Waals surface area (Å²) in [4.78, 5) is 24.0. The van der Waals surface area contributed by atoms with Gasteiger partial charge in [0.05, 0.1) is 10.3 Å². The summed E-state index contributed by atoms with van der Waals surface area (Å²) in [6.07, 6.45) is 0. The van der Waals surface area contributed by atoms with Crippen molar-refractivity contribution >= 4 is 40.9 Å². The van der Waals surface area contributed by atoms with Crippen LogP contribution in [0.1, 0.15) is 17.3 Å². The van der Waals surface area contributed by atoms with E-state index in [-0.39, 0.29) is 11.2 Å². The summed E-state index contributed by atoms with van der Waals surface area (Å²) in [5.41, 5.74) is 6.18. The second kappa shape index (κ2) is 7.33. The van der Waals surface area contributed by atoms with Crippen LogP contribution < -0.4 is 11.1 Å². The Morgan fingerprint density at radius 1 is 1.14 bits per heavy atom. The maximum absolute atomic E-state index is 12.2. The number of hydrogen-bond donors (Lipinski definition) is 2. The van der Waals surface area contributed by atoms with E-state index in [1.54, 1.807) is 37.3 Å². The first-order valence-corrected chi connectivity index (χ1v) is 7.85. The number of rotatable bonds is 5. The number of hydrogen-bond acceptors (Lipinski definition) is 3. The molecule has 0 aliphatic rings. The van der Waals surface area contributed by atoms with E-state index in [4.69, 9.17) is 17.3 Å². The van der Waals surface area contributed by atoms with Crippen LogP contribution in [-0.4, -0.2) is 17.1 Å². The van der Waals surface area contributed by atoms with E-state index in [2.05, 4.69) is 5.32 Å². The third kappa shape index (κ3) is 4.26. The van der Waals surface area contributed by atoms with Gasteiger partial charge < -0.3 is 11.1 Å². The van der Waals surface area contributed by atoms with Crippen molar-refractivity contribution in [2.24, 2.45) is 5.73 Å². The number of amides is 2. The Morgan fingerprint density at radius 3 is 2.36 bits per heavy atom. The summed E-state index contributed by atoms with van der Waals surface area (Å²) in [5, 5.41) is 3.11. The van der Waals surface area contributed by atoms with Crippen molar-refractivity contribution < 1.29 is 9.59 Å². The van der Waals surface area contributed by atoms with Crippen molar-refractivity contribution in [2.75, 3.05) is 5.32 Å². The number of thioether (sulfide) groups is 1. The number of nitrogens with two attached hydrogens (primary N) is 1. The lowest BCUT2D eigenvalue weighted by atomic mass is 10.2. The number of benzene rings is 2. The van der Waals surface area contributed by atoms with Gasteiger partial charge in [0.2, 0.25) is 11.8 Å². The number of primary amides is 1. The number of carbonyl (C=O) groups is 2. The molecular formula is C16H15ClN2O2S. The fraction of sp³-hybridized carbons (Fsp3) is 0.125. The molecule has 0 fully saturated rings. The largest absolute Gasteiger partial charge is 0.366 e. The van der Waals surface area contributed by atoms with Crippen molar-refractivity contribution in [3.05, 3.63) is 59.1 Å². The standard InChI is InChI=1S/C16H15ClN2O2S/c1-10(22-14-5-3-2-4-13(14)17)16(21)19-12-8-6-11(7-9-12)15(18)20/h2-10H,1H3,(H2,18,20)(H,19,21). The molecule has 2 amide bonds. The third-order valence-electron chi connectivity index (χ3n) is 2.95. The van der Waals surface area contributed by atoms with E-state index < -0.39 is 5.91 Å². The van der Waals surface area contributed by atoms with Crippen molar-refractivity contribution in [2.45, 2.75) is 17.1 Å². The van der Waals surface area contributed by atoms with Gasteiger partial charge in [-0.15, -0.1) is 11.8 Å². The van der Waals surface area contributed by atoms with Gasteiger partial charge >= 0.3 is 0 Å². The molecule has 0 saturated carbocycles. The summed E-state index contributed by atoms with van der Waals surface area (Å²) in [5.74, 6) is -0.641. The van der Waals surface area contributed by atoms with Crippen molar-refractivity contribution in [3.63, 3.8) is 0 Å². The van der Waals surface area contributed by atoms with Gasteiger partial charge in [0.1, 0.15) is 0 Å². The Balaban J connectivity index is 1.99. The quantitative estimate of drug-likeness (QED) is 0.821. The molecule has 2 rings (SSSR count). The van der Waals surface area contributed by atoms with Gasteiger partial charge in [-0.2, -0.15) is 0 Å². The minimum Gasteiger partial charge on any atom is -0.366 e. The zero-order valence-corrected chi connectivity index (χ0v) is 13.4. The van der Waals surface area contributed by atoms with Crippen LogP contribution in [-0.2, 0) is 4.79 Å². The fourth-order valence-electron chi connectivity index (χ4n) is 1.75. The van der Waals surface area contributed by atoms with Gasteiger partial charge in [0, 0.05) is 16.1 Å². The molecule has 1 atom stereocenters. The van der Waals surface area contributed by atoms with Crippen LogP contribution in [0.5, 0.6) is 0 Å². The van der Waals surface area contributed by atoms with E-state index in [0.29, 0.717) is 16.3 Å². The summed E-state index contributed by atoms with van der Waals surface area (Å²) in [6, 6.07) is 13.8. The molecule has 22 heavy (non-hydrogen) atoms. The molecular weight excluding hydrogens is 320 g/mol. The zero-order chi connectivity index (χ0) is 16.1. The molecule has 0 radical (unpaired) electrons. The highest BCUT2D eigenvalue weighted by atomic mass is 35.5. The monoisotopic (exact) mass is 334 g/mol. The molecule has 1 unspecified atom stereocenters. The molecule has 0 spiro atoms. The lowest BCUT2D eigenvalue weighted by Gasteiger charge is -2.13. The lowest BCUT2D eigenvalue weighted by molar-refractivity contribution is -0.115. The molecule has 0 aromatic heterocycles. The van der Waals surface area contributed by atoms with E-state index >= 15 is 0 Å². The minimum atomic E-state index is -0.500. The Bertz CT molecular complexity index is 689. The summed E-state index contributed by atoms with van der Waals surface area (Å²) >= 11 is 7.47. The van der Waals surface area contributed by atoms with Gasteiger partial charge in [-0.25, -0.2) is 0 Å². The molecule has 4 nitrogen and oxygen atoms in total. The molecule has 114 valence electrons. The predicted octanol–water partition coefficient (Wildman–Crippen LogP) is 3.56. The normalized spacial score (nSPS) is 11.7. The third-order valence-corrected chi connectivity index (χ3v) is 4.57. The van der Waals surface area contributed by atoms with Crippen molar-refractivity contribution in [1.29, 1.82) is 0 Å². The second-order valence-electron chi connectivity index (χ2n) is 4.62. The number of anilines is 1. The Morgan fingerprint density at radius 2 is 1.77 bits per heavy atom.